The van der Waals surface area contributed by atoms with Gasteiger partial charge < -0.3 is 33.0 Å². The van der Waals surface area contributed by atoms with Gasteiger partial charge in [0, 0.05) is 43.4 Å². The van der Waals surface area contributed by atoms with E-state index >= 15 is 0 Å². The van der Waals surface area contributed by atoms with Crippen molar-refractivity contribution in [3.05, 3.63) is 85.8 Å². The molecule has 1 saturated heterocycles. The number of aromatic nitrogens is 1. The number of carbonyl (C=O) groups is 2. The Bertz CT molecular complexity index is 1630. The number of carbonyl (C=O) groups excluding carboxylic acids is 2. The Labute approximate surface area is 247 Å². The summed E-state index contributed by atoms with van der Waals surface area (Å²) in [6, 6.07) is 11.4. The normalized spacial score (nSPS) is 18.3. The van der Waals surface area contributed by atoms with Crippen LogP contribution in [0.15, 0.2) is 56.5 Å². The molecule has 0 amide bonds. The lowest BCUT2D eigenvalue weighted by molar-refractivity contribution is -0.143. The van der Waals surface area contributed by atoms with E-state index in [2.05, 4.69) is 9.64 Å². The van der Waals surface area contributed by atoms with Gasteiger partial charge in [-0.3, -0.25) is 19.3 Å². The molecule has 12 heteroatoms. The molecule has 1 aromatic carbocycles. The molecular weight excluding hydrogens is 560 g/mol. The summed E-state index contributed by atoms with van der Waals surface area (Å²) in [5.41, 5.74) is 0.863. The number of ether oxygens (including phenoxy) is 4. The molecule has 12 nitrogen and oxygen atoms in total. The summed E-state index contributed by atoms with van der Waals surface area (Å²) in [5, 5.41) is 10.9. The summed E-state index contributed by atoms with van der Waals surface area (Å²) in [5.74, 6) is -1.45. The molecule has 0 unspecified atom stereocenters. The zero-order chi connectivity index (χ0) is 30.7. The van der Waals surface area contributed by atoms with Crippen LogP contribution in [0.3, 0.4) is 0 Å². The number of hydrogen-bond donors (Lipinski definition) is 1. The van der Waals surface area contributed by atoms with Crippen LogP contribution in [0.2, 0.25) is 0 Å². The van der Waals surface area contributed by atoms with Gasteiger partial charge in [-0.25, -0.2) is 4.79 Å². The second-order valence-corrected chi connectivity index (χ2v) is 10.8. The minimum atomic E-state index is -0.900. The van der Waals surface area contributed by atoms with Crippen LogP contribution < -0.4 is 20.5 Å². The Morgan fingerprint density at radius 1 is 1.00 bits per heavy atom. The zero-order valence-electron chi connectivity index (χ0n) is 24.2. The molecule has 3 atom stereocenters. The van der Waals surface area contributed by atoms with Crippen molar-refractivity contribution >= 4 is 11.9 Å². The van der Waals surface area contributed by atoms with Crippen LogP contribution in [-0.4, -0.2) is 67.5 Å². The first-order valence-electron chi connectivity index (χ1n) is 13.9. The first kappa shape index (κ1) is 29.9. The first-order valence-corrected chi connectivity index (χ1v) is 13.9. The predicted octanol–water partition coefficient (Wildman–Crippen LogP) is 2.38. The largest absolute Gasteiger partial charge is 0.502 e. The van der Waals surface area contributed by atoms with Gasteiger partial charge in [0.1, 0.15) is 5.76 Å². The highest BCUT2D eigenvalue weighted by Gasteiger charge is 2.35. The van der Waals surface area contributed by atoms with Crippen LogP contribution in [0, 0.1) is 5.92 Å². The van der Waals surface area contributed by atoms with Crippen molar-refractivity contribution < 1.29 is 38.1 Å². The van der Waals surface area contributed by atoms with Gasteiger partial charge in [-0.2, -0.15) is 0 Å². The molecule has 0 radical (unpaired) electrons. The highest BCUT2D eigenvalue weighted by Crippen LogP contribution is 2.39. The second kappa shape index (κ2) is 12.7. The smallest absolute Gasteiger partial charge is 0.343 e. The van der Waals surface area contributed by atoms with Crippen LogP contribution in [0.25, 0.3) is 0 Å². The number of fused-ring (bicyclic) bond motifs is 4. The number of aromatic hydroxyl groups is 1. The third-order valence-electron chi connectivity index (χ3n) is 8.01. The fourth-order valence-electron chi connectivity index (χ4n) is 6.04. The molecule has 1 fully saturated rings. The molecule has 4 heterocycles. The van der Waals surface area contributed by atoms with Crippen molar-refractivity contribution in [3.8, 4) is 17.2 Å². The predicted molar refractivity (Wildman–Crippen MR) is 152 cm³/mol. The fraction of sp³-hybridized carbons (Fsp3) is 0.419. The third-order valence-corrected chi connectivity index (χ3v) is 8.01. The van der Waals surface area contributed by atoms with E-state index in [0.29, 0.717) is 37.5 Å². The Morgan fingerprint density at radius 2 is 1.79 bits per heavy atom. The molecule has 228 valence electrons. The van der Waals surface area contributed by atoms with Gasteiger partial charge in [0.05, 0.1) is 40.2 Å². The summed E-state index contributed by atoms with van der Waals surface area (Å²) in [6.07, 6.45) is 0.745. The summed E-state index contributed by atoms with van der Waals surface area (Å²) in [6.45, 7) is 2.00. The first-order chi connectivity index (χ1) is 20.7. The molecule has 2 aliphatic rings. The van der Waals surface area contributed by atoms with Gasteiger partial charge in [0.2, 0.25) is 11.2 Å². The molecule has 5 rings (SSSR count). The monoisotopic (exact) mass is 594 g/mol. The summed E-state index contributed by atoms with van der Waals surface area (Å²) >= 11 is 0. The van der Waals surface area contributed by atoms with E-state index in [0.717, 1.165) is 12.1 Å². The summed E-state index contributed by atoms with van der Waals surface area (Å²) < 4.78 is 28.5. The maximum Gasteiger partial charge on any atom is 0.343 e. The highest BCUT2D eigenvalue weighted by atomic mass is 16.6. The van der Waals surface area contributed by atoms with E-state index in [1.165, 1.54) is 27.4 Å². The summed E-state index contributed by atoms with van der Waals surface area (Å²) in [7, 11) is 3.91. The van der Waals surface area contributed by atoms with Crippen LogP contribution in [0.1, 0.15) is 47.5 Å². The lowest BCUT2D eigenvalue weighted by atomic mass is 9.83. The number of rotatable bonds is 10. The van der Waals surface area contributed by atoms with Gasteiger partial charge in [0.15, 0.2) is 23.9 Å². The molecule has 43 heavy (non-hydrogen) atoms. The number of esters is 2. The van der Waals surface area contributed by atoms with E-state index in [9.17, 15) is 24.3 Å². The Balaban J connectivity index is 1.44. The van der Waals surface area contributed by atoms with Gasteiger partial charge >= 0.3 is 11.9 Å². The van der Waals surface area contributed by atoms with Crippen molar-refractivity contribution in [2.45, 2.75) is 37.8 Å². The Hall–Kier alpha value is -4.58. The number of likely N-dealkylation sites (tertiary alicyclic amines) is 1. The van der Waals surface area contributed by atoms with Gasteiger partial charge in [-0.1, -0.05) is 12.1 Å². The highest BCUT2D eigenvalue weighted by molar-refractivity contribution is 5.72. The maximum absolute atomic E-state index is 13.0. The number of hydrogen-bond acceptors (Lipinski definition) is 11. The van der Waals surface area contributed by atoms with Crippen LogP contribution in [0.5, 0.6) is 17.2 Å². The number of methoxy groups -OCH3 is 3. The average Bonchev–Trinajstić information content (AvgIpc) is 3.00. The lowest BCUT2D eigenvalue weighted by Gasteiger charge is -2.42. The van der Waals surface area contributed by atoms with Gasteiger partial charge in [0.25, 0.3) is 5.56 Å². The topological polar surface area (TPSA) is 147 Å². The second-order valence-electron chi connectivity index (χ2n) is 10.8. The van der Waals surface area contributed by atoms with Crippen molar-refractivity contribution in [1.29, 1.82) is 0 Å². The van der Waals surface area contributed by atoms with E-state index in [4.69, 9.17) is 18.6 Å². The molecular formula is C31H34N2O10. The molecule has 1 N–H and O–H groups in total. The Morgan fingerprint density at radius 3 is 2.53 bits per heavy atom. The van der Waals surface area contributed by atoms with E-state index in [1.54, 1.807) is 30.3 Å². The van der Waals surface area contributed by atoms with Crippen LogP contribution in [-0.2, 0) is 32.2 Å². The van der Waals surface area contributed by atoms with E-state index in [1.807, 2.05) is 10.6 Å². The van der Waals surface area contributed by atoms with E-state index < -0.39 is 29.0 Å². The van der Waals surface area contributed by atoms with Gasteiger partial charge in [-0.15, -0.1) is 0 Å². The molecule has 2 bridgehead atoms. The summed E-state index contributed by atoms with van der Waals surface area (Å²) in [4.78, 5) is 51.6. The number of benzene rings is 1. The standard InChI is InChI=1S/C31H34N2O10/c1-39-26-10-19(7-8-25(26)42-17-29(37)41-3)22(12-28(36)40-2)31-30(38)24(34)11-21(43-31)16-32-13-18-9-20(15-32)23-5-4-6-27(35)33(23)14-18/h4-8,10-11,18,20,22,38H,9,12-17H2,1-3H3/t18-,20+,22-/m1/s1. The molecule has 2 aromatic heterocycles. The minimum Gasteiger partial charge on any atom is -0.502 e. The molecule has 2 aliphatic heterocycles. The maximum atomic E-state index is 13.0. The van der Waals surface area contributed by atoms with Crippen molar-refractivity contribution in [2.24, 2.45) is 5.92 Å². The van der Waals surface area contributed by atoms with Gasteiger partial charge in [-0.05, 0) is 36.1 Å². The fourth-order valence-corrected chi connectivity index (χ4v) is 6.04. The van der Waals surface area contributed by atoms with Crippen molar-refractivity contribution in [1.82, 2.24) is 9.47 Å². The molecule has 0 saturated carbocycles. The third kappa shape index (κ3) is 6.43. The SMILES string of the molecule is COC(=O)COc1ccc([C@@H](CC(=O)OC)c2oc(CN3C[C@H]4C[C@@H](C3)c3cccc(=O)n3C4)cc(=O)c2O)cc1OC. The number of piperidine rings is 1. The molecule has 0 spiro atoms. The lowest BCUT2D eigenvalue weighted by Crippen LogP contribution is -2.46. The number of nitrogens with zero attached hydrogens (tertiary/aromatic N) is 2. The zero-order valence-corrected chi connectivity index (χ0v) is 24.2. The average molecular weight is 595 g/mol. The van der Waals surface area contributed by atoms with Crippen molar-refractivity contribution in [3.63, 3.8) is 0 Å². The molecule has 0 aliphatic carbocycles. The van der Waals surface area contributed by atoms with Crippen LogP contribution >= 0.6 is 0 Å². The minimum absolute atomic E-state index is 0.00570. The Kier molecular flexibility index (Phi) is 8.86. The van der Waals surface area contributed by atoms with Crippen LogP contribution in [0.4, 0.5) is 0 Å². The van der Waals surface area contributed by atoms with E-state index in [-0.39, 0.29) is 47.7 Å². The quantitative estimate of drug-likeness (QED) is 0.345. The molecule has 3 aromatic rings. The van der Waals surface area contributed by atoms with Crippen molar-refractivity contribution in [2.75, 3.05) is 41.0 Å². The number of pyridine rings is 1.